The Kier molecular flexibility index (Phi) is 1.37. The van der Waals surface area contributed by atoms with E-state index in [0.717, 1.165) is 11.8 Å². The lowest BCUT2D eigenvalue weighted by Gasteiger charge is -1.91. The van der Waals surface area contributed by atoms with Crippen LogP contribution in [-0.4, -0.2) is 16.4 Å². The number of rotatable bonds is 1. The molecular formula is C9H7NO2. The summed E-state index contributed by atoms with van der Waals surface area (Å²) in [6.45, 7) is 0. The van der Waals surface area contributed by atoms with E-state index in [1.807, 2.05) is 6.07 Å². The highest BCUT2D eigenvalue weighted by atomic mass is 16.3. The summed E-state index contributed by atoms with van der Waals surface area (Å²) in [6, 6.07) is 6.74. The third-order valence-electron chi connectivity index (χ3n) is 1.79. The normalized spacial score (nSPS) is 10.3. The Morgan fingerprint density at radius 1 is 1.42 bits per heavy atom. The number of phenolic OH excluding ortho intramolecular Hbond substituents is 1. The van der Waals surface area contributed by atoms with Crippen LogP contribution in [0.2, 0.25) is 0 Å². The van der Waals surface area contributed by atoms with Crippen LogP contribution in [0.15, 0.2) is 24.3 Å². The SMILES string of the molecule is O=Cc1cc2c(O)cccc2[nH]1. The molecule has 0 radical (unpaired) electrons. The van der Waals surface area contributed by atoms with Gasteiger partial charge in [0.1, 0.15) is 5.75 Å². The van der Waals surface area contributed by atoms with Gasteiger partial charge in [0.15, 0.2) is 6.29 Å². The van der Waals surface area contributed by atoms with E-state index in [1.54, 1.807) is 18.2 Å². The minimum absolute atomic E-state index is 0.192. The second-order valence-corrected chi connectivity index (χ2v) is 2.58. The first-order valence-corrected chi connectivity index (χ1v) is 3.57. The van der Waals surface area contributed by atoms with Gasteiger partial charge in [-0.05, 0) is 18.2 Å². The Morgan fingerprint density at radius 2 is 2.25 bits per heavy atom. The third kappa shape index (κ3) is 0.871. The summed E-state index contributed by atoms with van der Waals surface area (Å²) in [4.78, 5) is 13.2. The Morgan fingerprint density at radius 3 is 2.92 bits per heavy atom. The van der Waals surface area contributed by atoms with Gasteiger partial charge in [0.25, 0.3) is 0 Å². The van der Waals surface area contributed by atoms with E-state index in [1.165, 1.54) is 0 Å². The molecule has 2 N–H and O–H groups in total. The molecule has 0 saturated carbocycles. The van der Waals surface area contributed by atoms with Gasteiger partial charge in [-0.25, -0.2) is 0 Å². The Balaban J connectivity index is 2.82. The molecule has 3 heteroatoms. The van der Waals surface area contributed by atoms with Crippen molar-refractivity contribution in [3.8, 4) is 5.75 Å². The smallest absolute Gasteiger partial charge is 0.166 e. The van der Waals surface area contributed by atoms with Gasteiger partial charge in [-0.15, -0.1) is 0 Å². The van der Waals surface area contributed by atoms with Crippen molar-refractivity contribution in [2.24, 2.45) is 0 Å². The van der Waals surface area contributed by atoms with Gasteiger partial charge in [-0.2, -0.15) is 0 Å². The molecule has 0 aliphatic heterocycles. The van der Waals surface area contributed by atoms with E-state index in [0.29, 0.717) is 11.1 Å². The van der Waals surface area contributed by atoms with Crippen LogP contribution in [0.4, 0.5) is 0 Å². The lowest BCUT2D eigenvalue weighted by molar-refractivity contribution is 0.112. The van der Waals surface area contributed by atoms with Gasteiger partial charge in [0, 0.05) is 10.9 Å². The first kappa shape index (κ1) is 6.91. The largest absolute Gasteiger partial charge is 0.507 e. The lowest BCUT2D eigenvalue weighted by Crippen LogP contribution is -1.74. The highest BCUT2D eigenvalue weighted by Gasteiger charge is 2.02. The summed E-state index contributed by atoms with van der Waals surface area (Å²) in [7, 11) is 0. The summed E-state index contributed by atoms with van der Waals surface area (Å²) < 4.78 is 0. The zero-order valence-corrected chi connectivity index (χ0v) is 6.24. The molecule has 0 spiro atoms. The molecule has 0 bridgehead atoms. The minimum Gasteiger partial charge on any atom is -0.507 e. The van der Waals surface area contributed by atoms with Gasteiger partial charge >= 0.3 is 0 Å². The molecule has 2 aromatic rings. The standard InChI is InChI=1S/C9H7NO2/c11-5-6-4-7-8(10-6)2-1-3-9(7)12/h1-5,10,12H. The van der Waals surface area contributed by atoms with E-state index < -0.39 is 0 Å². The van der Waals surface area contributed by atoms with E-state index in [2.05, 4.69) is 4.98 Å². The average Bonchev–Trinajstić information content (AvgIpc) is 2.49. The maximum atomic E-state index is 10.4. The first-order valence-electron chi connectivity index (χ1n) is 3.57. The number of carbonyl (C=O) groups is 1. The second-order valence-electron chi connectivity index (χ2n) is 2.58. The average molecular weight is 161 g/mol. The number of hydrogen-bond acceptors (Lipinski definition) is 2. The predicted molar refractivity (Wildman–Crippen MR) is 45.4 cm³/mol. The van der Waals surface area contributed by atoms with Crippen LogP contribution in [0.1, 0.15) is 10.5 Å². The zero-order chi connectivity index (χ0) is 8.55. The van der Waals surface area contributed by atoms with E-state index in [4.69, 9.17) is 0 Å². The number of aldehydes is 1. The van der Waals surface area contributed by atoms with Gasteiger partial charge in [-0.1, -0.05) is 6.07 Å². The summed E-state index contributed by atoms with van der Waals surface area (Å²) >= 11 is 0. The van der Waals surface area contributed by atoms with Crippen molar-refractivity contribution in [3.63, 3.8) is 0 Å². The van der Waals surface area contributed by atoms with Crippen molar-refractivity contribution in [1.82, 2.24) is 4.98 Å². The molecule has 0 saturated heterocycles. The molecule has 1 heterocycles. The van der Waals surface area contributed by atoms with Crippen LogP contribution >= 0.6 is 0 Å². The van der Waals surface area contributed by atoms with Gasteiger partial charge < -0.3 is 10.1 Å². The van der Waals surface area contributed by atoms with Crippen LogP contribution in [-0.2, 0) is 0 Å². The summed E-state index contributed by atoms with van der Waals surface area (Å²) in [5, 5.41) is 10.0. The maximum Gasteiger partial charge on any atom is 0.166 e. The van der Waals surface area contributed by atoms with Crippen LogP contribution in [0.5, 0.6) is 5.75 Å². The van der Waals surface area contributed by atoms with Gasteiger partial charge in [0.05, 0.1) is 5.69 Å². The quantitative estimate of drug-likeness (QED) is 0.625. The predicted octanol–water partition coefficient (Wildman–Crippen LogP) is 1.69. The van der Waals surface area contributed by atoms with E-state index in [-0.39, 0.29) is 5.75 Å². The Hall–Kier alpha value is -1.77. The molecule has 0 atom stereocenters. The van der Waals surface area contributed by atoms with Crippen LogP contribution < -0.4 is 0 Å². The monoisotopic (exact) mass is 161 g/mol. The molecule has 1 aromatic carbocycles. The number of aromatic nitrogens is 1. The molecule has 0 amide bonds. The zero-order valence-electron chi connectivity index (χ0n) is 6.24. The van der Waals surface area contributed by atoms with E-state index >= 15 is 0 Å². The summed E-state index contributed by atoms with van der Waals surface area (Å²) in [6.07, 6.45) is 0.722. The van der Waals surface area contributed by atoms with Crippen molar-refractivity contribution >= 4 is 17.2 Å². The van der Waals surface area contributed by atoms with Crippen molar-refractivity contribution in [2.75, 3.05) is 0 Å². The molecule has 12 heavy (non-hydrogen) atoms. The number of aromatic amines is 1. The van der Waals surface area contributed by atoms with Crippen molar-refractivity contribution < 1.29 is 9.90 Å². The molecule has 1 aromatic heterocycles. The number of phenols is 1. The fourth-order valence-electron chi connectivity index (χ4n) is 1.22. The van der Waals surface area contributed by atoms with Crippen LogP contribution in [0, 0.1) is 0 Å². The van der Waals surface area contributed by atoms with Gasteiger partial charge in [-0.3, -0.25) is 4.79 Å². The fourth-order valence-corrected chi connectivity index (χ4v) is 1.22. The molecule has 0 aliphatic carbocycles. The lowest BCUT2D eigenvalue weighted by atomic mass is 10.2. The van der Waals surface area contributed by atoms with Crippen LogP contribution in [0.25, 0.3) is 10.9 Å². The number of H-pyrrole nitrogens is 1. The third-order valence-corrected chi connectivity index (χ3v) is 1.79. The number of fused-ring (bicyclic) bond motifs is 1. The van der Waals surface area contributed by atoms with Crippen molar-refractivity contribution in [1.29, 1.82) is 0 Å². The molecule has 60 valence electrons. The summed E-state index contributed by atoms with van der Waals surface area (Å²) in [5.41, 5.74) is 1.25. The fraction of sp³-hybridized carbons (Fsp3) is 0. The molecule has 0 aliphatic rings. The Labute approximate surface area is 68.6 Å². The highest BCUT2D eigenvalue weighted by Crippen LogP contribution is 2.23. The van der Waals surface area contributed by atoms with E-state index in [9.17, 15) is 9.90 Å². The maximum absolute atomic E-state index is 10.4. The van der Waals surface area contributed by atoms with Crippen LogP contribution in [0.3, 0.4) is 0 Å². The molecule has 0 unspecified atom stereocenters. The van der Waals surface area contributed by atoms with Crippen molar-refractivity contribution in [2.45, 2.75) is 0 Å². The molecule has 3 nitrogen and oxygen atoms in total. The number of nitrogens with one attached hydrogen (secondary N) is 1. The minimum atomic E-state index is 0.192. The molecule has 0 fully saturated rings. The number of carbonyl (C=O) groups excluding carboxylic acids is 1. The number of aromatic hydroxyl groups is 1. The second kappa shape index (κ2) is 2.37. The number of hydrogen-bond donors (Lipinski definition) is 2. The van der Waals surface area contributed by atoms with Gasteiger partial charge in [0.2, 0.25) is 0 Å². The number of benzene rings is 1. The topological polar surface area (TPSA) is 53.1 Å². The first-order chi connectivity index (χ1) is 5.81. The van der Waals surface area contributed by atoms with Crippen molar-refractivity contribution in [3.05, 3.63) is 30.0 Å². The Bertz CT molecular complexity index is 431. The highest BCUT2D eigenvalue weighted by molar-refractivity contribution is 5.91. The molecular weight excluding hydrogens is 154 g/mol. The molecule has 2 rings (SSSR count). The summed E-state index contributed by atoms with van der Waals surface area (Å²) in [5.74, 6) is 0.192.